The first-order valence-corrected chi connectivity index (χ1v) is 6.28. The standard InChI is InChI=1S/C13H16FN5O/c1-10-3-4-11(14)12(7-10)18-13(20)16-5-2-6-19-9-15-8-17-19/h3-4,7-9H,2,5-6H2,1H3,(H2,16,18,20). The van der Waals surface area contributed by atoms with E-state index in [0.29, 0.717) is 19.5 Å². The van der Waals surface area contributed by atoms with Gasteiger partial charge < -0.3 is 10.6 Å². The van der Waals surface area contributed by atoms with Crippen LogP contribution in [0.25, 0.3) is 0 Å². The zero-order chi connectivity index (χ0) is 14.4. The summed E-state index contributed by atoms with van der Waals surface area (Å²) in [6.07, 6.45) is 3.79. The van der Waals surface area contributed by atoms with Gasteiger partial charge in [0.05, 0.1) is 5.69 Å². The SMILES string of the molecule is Cc1ccc(F)c(NC(=O)NCCCn2cncn2)c1. The van der Waals surface area contributed by atoms with Crippen molar-refractivity contribution in [3.05, 3.63) is 42.2 Å². The Hall–Kier alpha value is -2.44. The number of nitrogens with zero attached hydrogens (tertiary/aromatic N) is 3. The van der Waals surface area contributed by atoms with Crippen LogP contribution in [-0.2, 0) is 6.54 Å². The number of hydrogen-bond donors (Lipinski definition) is 2. The molecule has 0 atom stereocenters. The fourth-order valence-corrected chi connectivity index (χ4v) is 1.69. The van der Waals surface area contributed by atoms with E-state index >= 15 is 0 Å². The third kappa shape index (κ3) is 4.04. The van der Waals surface area contributed by atoms with Gasteiger partial charge in [0.1, 0.15) is 18.5 Å². The fourth-order valence-electron chi connectivity index (χ4n) is 1.69. The molecule has 1 aromatic carbocycles. The van der Waals surface area contributed by atoms with Crippen LogP contribution in [0.4, 0.5) is 14.9 Å². The van der Waals surface area contributed by atoms with E-state index < -0.39 is 11.8 Å². The lowest BCUT2D eigenvalue weighted by Gasteiger charge is -2.09. The fraction of sp³-hybridized carbons (Fsp3) is 0.308. The maximum absolute atomic E-state index is 13.4. The van der Waals surface area contributed by atoms with Crippen LogP contribution in [-0.4, -0.2) is 27.3 Å². The number of hydrogen-bond acceptors (Lipinski definition) is 3. The Morgan fingerprint density at radius 1 is 1.45 bits per heavy atom. The van der Waals surface area contributed by atoms with Crippen LogP contribution in [0.15, 0.2) is 30.9 Å². The van der Waals surface area contributed by atoms with Gasteiger partial charge >= 0.3 is 6.03 Å². The molecule has 0 fully saturated rings. The largest absolute Gasteiger partial charge is 0.338 e. The Morgan fingerprint density at radius 2 is 2.30 bits per heavy atom. The number of aryl methyl sites for hydroxylation is 2. The topological polar surface area (TPSA) is 71.8 Å². The van der Waals surface area contributed by atoms with Crippen molar-refractivity contribution in [1.82, 2.24) is 20.1 Å². The molecule has 2 rings (SSSR count). The van der Waals surface area contributed by atoms with Crippen molar-refractivity contribution in [2.24, 2.45) is 0 Å². The van der Waals surface area contributed by atoms with Crippen molar-refractivity contribution >= 4 is 11.7 Å². The van der Waals surface area contributed by atoms with E-state index in [9.17, 15) is 9.18 Å². The summed E-state index contributed by atoms with van der Waals surface area (Å²) in [5.74, 6) is -0.451. The highest BCUT2D eigenvalue weighted by Gasteiger charge is 2.06. The summed E-state index contributed by atoms with van der Waals surface area (Å²) in [6.45, 7) is 2.97. The van der Waals surface area contributed by atoms with E-state index in [1.165, 1.54) is 12.4 Å². The van der Waals surface area contributed by atoms with Gasteiger partial charge in [-0.2, -0.15) is 5.10 Å². The van der Waals surface area contributed by atoms with Crippen LogP contribution < -0.4 is 10.6 Å². The molecule has 1 aromatic heterocycles. The minimum Gasteiger partial charge on any atom is -0.338 e. The zero-order valence-electron chi connectivity index (χ0n) is 11.1. The molecule has 1 heterocycles. The lowest BCUT2D eigenvalue weighted by molar-refractivity contribution is 0.251. The van der Waals surface area contributed by atoms with Crippen molar-refractivity contribution < 1.29 is 9.18 Å². The third-order valence-electron chi connectivity index (χ3n) is 2.69. The molecular weight excluding hydrogens is 261 g/mol. The van der Waals surface area contributed by atoms with Crippen LogP contribution >= 0.6 is 0 Å². The van der Waals surface area contributed by atoms with Gasteiger partial charge in [-0.25, -0.2) is 14.2 Å². The summed E-state index contributed by atoms with van der Waals surface area (Å²) < 4.78 is 15.1. The molecule has 20 heavy (non-hydrogen) atoms. The molecule has 0 aliphatic rings. The third-order valence-corrected chi connectivity index (χ3v) is 2.69. The Morgan fingerprint density at radius 3 is 3.05 bits per heavy atom. The number of halogens is 1. The second kappa shape index (κ2) is 6.65. The Balaban J connectivity index is 1.73. The van der Waals surface area contributed by atoms with Gasteiger partial charge in [-0.05, 0) is 31.0 Å². The van der Waals surface area contributed by atoms with Crippen LogP contribution in [0.3, 0.4) is 0 Å². The van der Waals surface area contributed by atoms with Gasteiger partial charge in [-0.1, -0.05) is 6.07 Å². The van der Waals surface area contributed by atoms with E-state index in [4.69, 9.17) is 0 Å². The number of nitrogens with one attached hydrogen (secondary N) is 2. The van der Waals surface area contributed by atoms with Gasteiger partial charge in [0.25, 0.3) is 0 Å². The van der Waals surface area contributed by atoms with Crippen molar-refractivity contribution in [3.63, 3.8) is 0 Å². The average Bonchev–Trinajstić information content (AvgIpc) is 2.92. The Bertz CT molecular complexity index is 570. The van der Waals surface area contributed by atoms with Crippen molar-refractivity contribution in [2.75, 3.05) is 11.9 Å². The number of rotatable bonds is 5. The maximum Gasteiger partial charge on any atom is 0.319 e. The molecule has 0 spiro atoms. The number of aromatic nitrogens is 3. The number of amides is 2. The van der Waals surface area contributed by atoms with Crippen molar-refractivity contribution in [2.45, 2.75) is 19.9 Å². The molecular formula is C13H16FN5O. The van der Waals surface area contributed by atoms with E-state index in [-0.39, 0.29) is 5.69 Å². The predicted octanol–water partition coefficient (Wildman–Crippen LogP) is 1.94. The zero-order valence-corrected chi connectivity index (χ0v) is 11.1. The molecule has 7 heteroatoms. The highest BCUT2D eigenvalue weighted by atomic mass is 19.1. The second-order valence-corrected chi connectivity index (χ2v) is 4.38. The smallest absolute Gasteiger partial charge is 0.319 e. The van der Waals surface area contributed by atoms with Crippen LogP contribution in [0.2, 0.25) is 0 Å². The molecule has 2 N–H and O–H groups in total. The summed E-state index contributed by atoms with van der Waals surface area (Å²) in [6, 6.07) is 4.14. The minimum atomic E-state index is -0.451. The summed E-state index contributed by atoms with van der Waals surface area (Å²) in [7, 11) is 0. The molecule has 0 bridgehead atoms. The first kappa shape index (κ1) is 14.0. The predicted molar refractivity (Wildman–Crippen MR) is 72.8 cm³/mol. The lowest BCUT2D eigenvalue weighted by atomic mass is 10.2. The number of benzene rings is 1. The molecule has 106 valence electrons. The van der Waals surface area contributed by atoms with E-state index in [0.717, 1.165) is 5.56 Å². The quantitative estimate of drug-likeness (QED) is 0.820. The van der Waals surface area contributed by atoms with E-state index in [2.05, 4.69) is 20.7 Å². The highest BCUT2D eigenvalue weighted by Crippen LogP contribution is 2.15. The summed E-state index contributed by atoms with van der Waals surface area (Å²) in [5.41, 5.74) is 1.06. The molecule has 2 amide bonds. The summed E-state index contributed by atoms with van der Waals surface area (Å²) >= 11 is 0. The Kier molecular flexibility index (Phi) is 4.65. The number of urea groups is 1. The van der Waals surface area contributed by atoms with Crippen LogP contribution in [0, 0.1) is 12.7 Å². The molecule has 0 saturated heterocycles. The van der Waals surface area contributed by atoms with Gasteiger partial charge in [0.15, 0.2) is 0 Å². The molecule has 6 nitrogen and oxygen atoms in total. The molecule has 0 saturated carbocycles. The molecule has 0 aliphatic heterocycles. The highest BCUT2D eigenvalue weighted by molar-refractivity contribution is 5.89. The minimum absolute atomic E-state index is 0.179. The molecule has 2 aromatic rings. The summed E-state index contributed by atoms with van der Waals surface area (Å²) in [4.78, 5) is 15.4. The van der Waals surface area contributed by atoms with Gasteiger partial charge in [0.2, 0.25) is 0 Å². The molecule has 0 unspecified atom stereocenters. The monoisotopic (exact) mass is 277 g/mol. The number of anilines is 1. The van der Waals surface area contributed by atoms with Gasteiger partial charge in [0, 0.05) is 13.1 Å². The van der Waals surface area contributed by atoms with Crippen molar-refractivity contribution in [1.29, 1.82) is 0 Å². The normalized spacial score (nSPS) is 10.3. The van der Waals surface area contributed by atoms with Gasteiger partial charge in [-0.15, -0.1) is 0 Å². The first-order chi connectivity index (χ1) is 9.65. The van der Waals surface area contributed by atoms with Crippen LogP contribution in [0.5, 0.6) is 0 Å². The first-order valence-electron chi connectivity index (χ1n) is 6.28. The average molecular weight is 277 g/mol. The Labute approximate surface area is 116 Å². The van der Waals surface area contributed by atoms with E-state index in [1.54, 1.807) is 23.1 Å². The summed E-state index contributed by atoms with van der Waals surface area (Å²) in [5, 5.41) is 9.10. The van der Waals surface area contributed by atoms with E-state index in [1.807, 2.05) is 6.92 Å². The van der Waals surface area contributed by atoms with Gasteiger partial charge in [-0.3, -0.25) is 4.68 Å². The lowest BCUT2D eigenvalue weighted by Crippen LogP contribution is -2.30. The molecule has 0 radical (unpaired) electrons. The maximum atomic E-state index is 13.4. The second-order valence-electron chi connectivity index (χ2n) is 4.38. The molecule has 0 aliphatic carbocycles. The van der Waals surface area contributed by atoms with Crippen molar-refractivity contribution in [3.8, 4) is 0 Å². The number of carbonyl (C=O) groups excluding carboxylic acids is 1. The van der Waals surface area contributed by atoms with Crippen LogP contribution in [0.1, 0.15) is 12.0 Å². The number of carbonyl (C=O) groups is 1.